The van der Waals surface area contributed by atoms with Gasteiger partial charge in [0.15, 0.2) is 11.6 Å². The van der Waals surface area contributed by atoms with Crippen molar-refractivity contribution in [2.24, 2.45) is 0 Å². The Morgan fingerprint density at radius 3 is 2.19 bits per heavy atom. The van der Waals surface area contributed by atoms with Gasteiger partial charge in [-0.3, -0.25) is 0 Å². The maximum absolute atomic E-state index is 13.7. The van der Waals surface area contributed by atoms with E-state index in [9.17, 15) is 13.2 Å². The first-order chi connectivity index (χ1) is 10.0. The van der Waals surface area contributed by atoms with Crippen LogP contribution >= 0.6 is 11.6 Å². The molecule has 1 nitrogen and oxygen atoms in total. The van der Waals surface area contributed by atoms with Crippen LogP contribution in [0, 0.1) is 17.5 Å². The van der Waals surface area contributed by atoms with Crippen molar-refractivity contribution < 1.29 is 13.2 Å². The number of nitrogens with one attached hydrogen (secondary N) is 1. The lowest BCUT2D eigenvalue weighted by Crippen LogP contribution is -2.30. The van der Waals surface area contributed by atoms with Crippen LogP contribution in [-0.2, 0) is 12.8 Å². The third kappa shape index (κ3) is 3.77. The fraction of sp³-hybridized carbons (Fsp3) is 0.250. The molecule has 2 aromatic rings. The zero-order valence-electron chi connectivity index (χ0n) is 11.5. The first kappa shape index (κ1) is 15.9. The van der Waals surface area contributed by atoms with Gasteiger partial charge in [-0.05, 0) is 43.1 Å². The summed E-state index contributed by atoms with van der Waals surface area (Å²) < 4.78 is 40.3. The molecule has 5 heteroatoms. The SMILES string of the molecule is CNC(Cc1cccc(F)c1F)Cc1cccc(F)c1Cl. The van der Waals surface area contributed by atoms with Gasteiger partial charge in [0.2, 0.25) is 0 Å². The van der Waals surface area contributed by atoms with Crippen molar-refractivity contribution in [3.63, 3.8) is 0 Å². The molecule has 0 amide bonds. The highest BCUT2D eigenvalue weighted by molar-refractivity contribution is 6.31. The highest BCUT2D eigenvalue weighted by Crippen LogP contribution is 2.22. The van der Waals surface area contributed by atoms with Crippen LogP contribution in [0.5, 0.6) is 0 Å². The van der Waals surface area contributed by atoms with E-state index < -0.39 is 17.5 Å². The van der Waals surface area contributed by atoms with Crippen molar-refractivity contribution in [1.29, 1.82) is 0 Å². The molecule has 0 aliphatic carbocycles. The van der Waals surface area contributed by atoms with Crippen molar-refractivity contribution in [3.8, 4) is 0 Å². The summed E-state index contributed by atoms with van der Waals surface area (Å²) in [6, 6.07) is 8.49. The lowest BCUT2D eigenvalue weighted by atomic mass is 9.98. The lowest BCUT2D eigenvalue weighted by Gasteiger charge is -2.18. The molecule has 0 bridgehead atoms. The van der Waals surface area contributed by atoms with E-state index in [2.05, 4.69) is 5.32 Å². The summed E-state index contributed by atoms with van der Waals surface area (Å²) in [5.74, 6) is -2.20. The Morgan fingerprint density at radius 1 is 0.952 bits per heavy atom. The summed E-state index contributed by atoms with van der Waals surface area (Å²) in [5.41, 5.74) is 0.912. The molecule has 0 saturated heterocycles. The average Bonchev–Trinajstić information content (AvgIpc) is 2.47. The van der Waals surface area contributed by atoms with Gasteiger partial charge in [-0.2, -0.15) is 0 Å². The van der Waals surface area contributed by atoms with Crippen LogP contribution in [0.4, 0.5) is 13.2 Å². The van der Waals surface area contributed by atoms with Crippen LogP contribution in [0.25, 0.3) is 0 Å². The van der Waals surface area contributed by atoms with Crippen molar-refractivity contribution in [1.82, 2.24) is 5.32 Å². The molecule has 1 atom stereocenters. The second kappa shape index (κ2) is 6.96. The summed E-state index contributed by atoms with van der Waals surface area (Å²) >= 11 is 5.92. The van der Waals surface area contributed by atoms with E-state index in [-0.39, 0.29) is 23.0 Å². The molecule has 1 unspecified atom stereocenters. The Balaban J connectivity index is 2.17. The minimum atomic E-state index is -0.869. The van der Waals surface area contributed by atoms with Gasteiger partial charge in [-0.1, -0.05) is 35.9 Å². The smallest absolute Gasteiger partial charge is 0.162 e. The van der Waals surface area contributed by atoms with Gasteiger partial charge in [-0.15, -0.1) is 0 Å². The number of rotatable bonds is 5. The molecule has 2 rings (SSSR count). The predicted octanol–water partition coefficient (Wildman–Crippen LogP) is 4.13. The third-order valence-electron chi connectivity index (χ3n) is 3.40. The Hall–Kier alpha value is -1.52. The highest BCUT2D eigenvalue weighted by Gasteiger charge is 2.16. The molecule has 0 fully saturated rings. The third-order valence-corrected chi connectivity index (χ3v) is 3.83. The van der Waals surface area contributed by atoms with E-state index in [4.69, 9.17) is 11.6 Å². The van der Waals surface area contributed by atoms with Crippen LogP contribution < -0.4 is 5.32 Å². The topological polar surface area (TPSA) is 12.0 Å². The summed E-state index contributed by atoms with van der Waals surface area (Å²) in [7, 11) is 1.72. The van der Waals surface area contributed by atoms with Crippen LogP contribution in [0.1, 0.15) is 11.1 Å². The van der Waals surface area contributed by atoms with Crippen molar-refractivity contribution >= 4 is 11.6 Å². The largest absolute Gasteiger partial charge is 0.316 e. The Labute approximate surface area is 126 Å². The molecule has 2 aromatic carbocycles. The van der Waals surface area contributed by atoms with Crippen LogP contribution in [0.3, 0.4) is 0 Å². The Kier molecular flexibility index (Phi) is 5.26. The second-order valence-electron chi connectivity index (χ2n) is 4.82. The van der Waals surface area contributed by atoms with Crippen LogP contribution in [-0.4, -0.2) is 13.1 Å². The van der Waals surface area contributed by atoms with Gasteiger partial charge in [-0.25, -0.2) is 13.2 Å². The maximum atomic E-state index is 13.7. The molecular formula is C16H15ClF3N. The normalized spacial score (nSPS) is 12.4. The highest BCUT2D eigenvalue weighted by atomic mass is 35.5. The van der Waals surface area contributed by atoms with E-state index in [0.29, 0.717) is 12.0 Å². The molecule has 0 radical (unpaired) electrons. The molecule has 112 valence electrons. The molecule has 0 aliphatic heterocycles. The standard InChI is InChI=1S/C16H15ClF3N/c1-21-12(8-10-4-2-6-13(18)15(10)17)9-11-5-3-7-14(19)16(11)20/h2-7,12,21H,8-9H2,1H3. The van der Waals surface area contributed by atoms with Gasteiger partial charge >= 0.3 is 0 Å². The quantitative estimate of drug-likeness (QED) is 0.875. The number of benzene rings is 2. The van der Waals surface area contributed by atoms with E-state index in [1.165, 1.54) is 18.2 Å². The minimum Gasteiger partial charge on any atom is -0.316 e. The summed E-state index contributed by atoms with van der Waals surface area (Å²) in [4.78, 5) is 0. The maximum Gasteiger partial charge on any atom is 0.162 e. The Bertz CT molecular complexity index is 577. The molecule has 0 aromatic heterocycles. The summed E-state index contributed by atoms with van der Waals surface area (Å²) in [5, 5.41) is 3.09. The second-order valence-corrected chi connectivity index (χ2v) is 5.20. The summed E-state index contributed by atoms with van der Waals surface area (Å²) in [6.45, 7) is 0. The average molecular weight is 314 g/mol. The lowest BCUT2D eigenvalue weighted by molar-refractivity contribution is 0.482. The molecule has 0 heterocycles. The molecule has 1 N–H and O–H groups in total. The van der Waals surface area contributed by atoms with Crippen LogP contribution in [0.15, 0.2) is 36.4 Å². The van der Waals surface area contributed by atoms with Crippen molar-refractivity contribution in [3.05, 3.63) is 70.0 Å². The van der Waals surface area contributed by atoms with Gasteiger partial charge in [0.25, 0.3) is 0 Å². The molecule has 0 spiro atoms. The fourth-order valence-corrected chi connectivity index (χ4v) is 2.42. The van der Waals surface area contributed by atoms with E-state index in [1.54, 1.807) is 19.2 Å². The first-order valence-electron chi connectivity index (χ1n) is 6.56. The number of halogens is 4. The van der Waals surface area contributed by atoms with E-state index in [0.717, 1.165) is 6.07 Å². The van der Waals surface area contributed by atoms with Gasteiger partial charge in [0, 0.05) is 6.04 Å². The van der Waals surface area contributed by atoms with Gasteiger partial charge < -0.3 is 5.32 Å². The molecular weight excluding hydrogens is 299 g/mol. The number of hydrogen-bond acceptors (Lipinski definition) is 1. The number of likely N-dealkylation sites (N-methyl/N-ethyl adjacent to an activating group) is 1. The van der Waals surface area contributed by atoms with Crippen molar-refractivity contribution in [2.45, 2.75) is 18.9 Å². The fourth-order valence-electron chi connectivity index (χ4n) is 2.22. The molecule has 0 aliphatic rings. The zero-order chi connectivity index (χ0) is 15.4. The Morgan fingerprint density at radius 2 is 1.52 bits per heavy atom. The first-order valence-corrected chi connectivity index (χ1v) is 6.93. The van der Waals surface area contributed by atoms with Gasteiger partial charge in [0.05, 0.1) is 5.02 Å². The minimum absolute atomic E-state index is 0.0671. The summed E-state index contributed by atoms with van der Waals surface area (Å²) in [6.07, 6.45) is 0.704. The van der Waals surface area contributed by atoms with E-state index in [1.807, 2.05) is 0 Å². The molecule has 21 heavy (non-hydrogen) atoms. The zero-order valence-corrected chi connectivity index (χ0v) is 12.2. The van der Waals surface area contributed by atoms with Gasteiger partial charge in [0.1, 0.15) is 5.82 Å². The van der Waals surface area contributed by atoms with Crippen LogP contribution in [0.2, 0.25) is 5.02 Å². The van der Waals surface area contributed by atoms with E-state index >= 15 is 0 Å². The number of hydrogen-bond donors (Lipinski definition) is 1. The monoisotopic (exact) mass is 313 g/mol. The predicted molar refractivity (Wildman–Crippen MR) is 78.0 cm³/mol. The molecule has 0 saturated carbocycles. The van der Waals surface area contributed by atoms with Crippen molar-refractivity contribution in [2.75, 3.05) is 7.05 Å².